The molecule has 0 amide bonds. The van der Waals surface area contributed by atoms with E-state index in [2.05, 4.69) is 25.7 Å². The molecule has 1 nitrogen and oxygen atoms in total. The molecule has 3 heteroatoms. The van der Waals surface area contributed by atoms with E-state index in [1.54, 1.807) is 0 Å². The summed E-state index contributed by atoms with van der Waals surface area (Å²) in [5.74, 6) is -2.42. The van der Waals surface area contributed by atoms with Crippen LogP contribution in [0.25, 0.3) is 0 Å². The monoisotopic (exact) mass is 219 g/mol. The molecule has 0 aromatic heterocycles. The third kappa shape index (κ3) is 3.13. The minimum absolute atomic E-state index is 0.0340. The maximum Gasteiger partial charge on any atom is 0.250 e. The number of rotatable bonds is 4. The maximum atomic E-state index is 13.0. The van der Waals surface area contributed by atoms with E-state index in [4.69, 9.17) is 0 Å². The normalized spacial score (nSPS) is 26.2. The van der Waals surface area contributed by atoms with Crippen LogP contribution in [0.4, 0.5) is 8.78 Å². The van der Waals surface area contributed by atoms with Crippen molar-refractivity contribution in [2.75, 3.05) is 13.1 Å². The van der Waals surface area contributed by atoms with E-state index in [0.29, 0.717) is 13.1 Å². The van der Waals surface area contributed by atoms with E-state index in [1.165, 1.54) is 0 Å². The van der Waals surface area contributed by atoms with Gasteiger partial charge in [0.1, 0.15) is 0 Å². The van der Waals surface area contributed by atoms with Gasteiger partial charge in [-0.15, -0.1) is 0 Å². The fourth-order valence-corrected chi connectivity index (χ4v) is 2.47. The van der Waals surface area contributed by atoms with Gasteiger partial charge in [-0.25, -0.2) is 8.78 Å². The van der Waals surface area contributed by atoms with Crippen LogP contribution in [0.3, 0.4) is 0 Å². The molecular formula is C12H23F2N. The van der Waals surface area contributed by atoms with Crippen molar-refractivity contribution in [1.29, 1.82) is 0 Å². The lowest BCUT2D eigenvalue weighted by atomic mass is 9.88. The molecular weight excluding hydrogens is 196 g/mol. The summed E-state index contributed by atoms with van der Waals surface area (Å²) in [6, 6.07) is 0. The molecule has 15 heavy (non-hydrogen) atoms. The van der Waals surface area contributed by atoms with Crippen LogP contribution in [0.2, 0.25) is 0 Å². The third-order valence-electron chi connectivity index (χ3n) is 3.81. The van der Waals surface area contributed by atoms with E-state index < -0.39 is 5.92 Å². The smallest absolute Gasteiger partial charge is 0.250 e. The molecule has 1 rings (SSSR count). The molecule has 90 valence electrons. The van der Waals surface area contributed by atoms with Crippen LogP contribution in [0, 0.1) is 0 Å². The lowest BCUT2D eigenvalue weighted by Crippen LogP contribution is -2.51. The van der Waals surface area contributed by atoms with Crippen molar-refractivity contribution in [3.63, 3.8) is 0 Å². The highest BCUT2D eigenvalue weighted by molar-refractivity contribution is 4.89. The summed E-state index contributed by atoms with van der Waals surface area (Å²) in [6.45, 7) is 7.63. The molecule has 1 fully saturated rings. The topological polar surface area (TPSA) is 3.24 Å². The number of alkyl halides is 2. The van der Waals surface area contributed by atoms with Crippen LogP contribution in [0.1, 0.15) is 52.9 Å². The molecule has 0 N–H and O–H groups in total. The van der Waals surface area contributed by atoms with Gasteiger partial charge in [0.25, 0.3) is 5.92 Å². The number of piperidine rings is 1. The van der Waals surface area contributed by atoms with Crippen LogP contribution >= 0.6 is 0 Å². The first kappa shape index (κ1) is 12.9. The van der Waals surface area contributed by atoms with Gasteiger partial charge >= 0.3 is 0 Å². The Labute approximate surface area is 91.8 Å². The highest BCUT2D eigenvalue weighted by Crippen LogP contribution is 2.34. The molecule has 0 aromatic carbocycles. The lowest BCUT2D eigenvalue weighted by Gasteiger charge is -2.44. The summed E-state index contributed by atoms with van der Waals surface area (Å²) < 4.78 is 26.1. The average molecular weight is 219 g/mol. The van der Waals surface area contributed by atoms with Crippen molar-refractivity contribution in [2.24, 2.45) is 0 Å². The number of nitrogens with zero attached hydrogens (tertiary/aromatic N) is 1. The maximum absolute atomic E-state index is 13.0. The van der Waals surface area contributed by atoms with Gasteiger partial charge in [0.15, 0.2) is 0 Å². The van der Waals surface area contributed by atoms with E-state index in [9.17, 15) is 8.78 Å². The zero-order valence-electron chi connectivity index (χ0n) is 10.2. The number of hydrogen-bond acceptors (Lipinski definition) is 1. The summed E-state index contributed by atoms with van der Waals surface area (Å²) >= 11 is 0. The standard InChI is InChI=1S/C12H23F2N/c1-4-6-11(3,5-2)15-9-7-12(13,14)8-10-15/h4-10H2,1-3H3. The van der Waals surface area contributed by atoms with Crippen molar-refractivity contribution < 1.29 is 8.78 Å². The predicted molar refractivity (Wildman–Crippen MR) is 59.4 cm³/mol. The fourth-order valence-electron chi connectivity index (χ4n) is 2.47. The Morgan fingerprint density at radius 2 is 1.73 bits per heavy atom. The molecule has 0 radical (unpaired) electrons. The van der Waals surface area contributed by atoms with Gasteiger partial charge < -0.3 is 0 Å². The first-order valence-electron chi connectivity index (χ1n) is 6.06. The average Bonchev–Trinajstić information content (AvgIpc) is 2.17. The van der Waals surface area contributed by atoms with Crippen molar-refractivity contribution in [1.82, 2.24) is 4.90 Å². The summed E-state index contributed by atoms with van der Waals surface area (Å²) in [5.41, 5.74) is 0.130. The quantitative estimate of drug-likeness (QED) is 0.697. The highest BCUT2D eigenvalue weighted by atomic mass is 19.3. The van der Waals surface area contributed by atoms with E-state index >= 15 is 0 Å². The molecule has 1 aliphatic heterocycles. The van der Waals surface area contributed by atoms with Gasteiger partial charge in [0, 0.05) is 31.5 Å². The van der Waals surface area contributed by atoms with Crippen molar-refractivity contribution in [2.45, 2.75) is 64.3 Å². The zero-order valence-corrected chi connectivity index (χ0v) is 10.2. The minimum atomic E-state index is -2.42. The Bertz CT molecular complexity index is 196. The number of halogens is 2. The minimum Gasteiger partial charge on any atom is -0.298 e. The Hall–Kier alpha value is -0.180. The summed E-state index contributed by atoms with van der Waals surface area (Å²) in [7, 11) is 0. The van der Waals surface area contributed by atoms with Crippen LogP contribution < -0.4 is 0 Å². The SMILES string of the molecule is CCCC(C)(CC)N1CCC(F)(F)CC1. The first-order chi connectivity index (χ1) is 6.93. The molecule has 1 saturated heterocycles. The molecule has 1 atom stereocenters. The molecule has 1 aliphatic rings. The van der Waals surface area contributed by atoms with Gasteiger partial charge in [-0.2, -0.15) is 0 Å². The number of hydrogen-bond donors (Lipinski definition) is 0. The Kier molecular flexibility index (Phi) is 4.10. The van der Waals surface area contributed by atoms with Crippen LogP contribution in [-0.2, 0) is 0 Å². The Morgan fingerprint density at radius 3 is 2.13 bits per heavy atom. The predicted octanol–water partition coefficient (Wildman–Crippen LogP) is 3.69. The third-order valence-corrected chi connectivity index (χ3v) is 3.81. The second-order valence-electron chi connectivity index (χ2n) is 4.94. The summed E-state index contributed by atoms with van der Waals surface area (Å²) in [6.07, 6.45) is 3.34. The fraction of sp³-hybridized carbons (Fsp3) is 1.00. The second kappa shape index (κ2) is 4.77. The van der Waals surface area contributed by atoms with Gasteiger partial charge in [-0.05, 0) is 19.8 Å². The van der Waals surface area contributed by atoms with Crippen LogP contribution in [-0.4, -0.2) is 29.5 Å². The Balaban J connectivity index is 2.57. The second-order valence-corrected chi connectivity index (χ2v) is 4.94. The first-order valence-corrected chi connectivity index (χ1v) is 6.06. The summed E-state index contributed by atoms with van der Waals surface area (Å²) in [5, 5.41) is 0. The van der Waals surface area contributed by atoms with Crippen molar-refractivity contribution in [3.8, 4) is 0 Å². The Morgan fingerprint density at radius 1 is 1.20 bits per heavy atom. The molecule has 1 heterocycles. The van der Waals surface area contributed by atoms with E-state index in [1.807, 2.05) is 0 Å². The van der Waals surface area contributed by atoms with E-state index in [0.717, 1.165) is 19.3 Å². The van der Waals surface area contributed by atoms with Crippen LogP contribution in [0.5, 0.6) is 0 Å². The van der Waals surface area contributed by atoms with Gasteiger partial charge in [0.2, 0.25) is 0 Å². The lowest BCUT2D eigenvalue weighted by molar-refractivity contribution is -0.0783. The molecule has 0 aromatic rings. The van der Waals surface area contributed by atoms with E-state index in [-0.39, 0.29) is 18.4 Å². The highest BCUT2D eigenvalue weighted by Gasteiger charge is 2.39. The molecule has 0 bridgehead atoms. The van der Waals surface area contributed by atoms with Gasteiger partial charge in [0.05, 0.1) is 0 Å². The van der Waals surface area contributed by atoms with Gasteiger partial charge in [-0.1, -0.05) is 20.3 Å². The molecule has 0 spiro atoms. The molecule has 0 saturated carbocycles. The largest absolute Gasteiger partial charge is 0.298 e. The van der Waals surface area contributed by atoms with Gasteiger partial charge in [-0.3, -0.25) is 4.90 Å². The van der Waals surface area contributed by atoms with Crippen molar-refractivity contribution in [3.05, 3.63) is 0 Å². The van der Waals surface area contributed by atoms with Crippen molar-refractivity contribution >= 4 is 0 Å². The molecule has 0 aliphatic carbocycles. The molecule has 1 unspecified atom stereocenters. The summed E-state index contributed by atoms with van der Waals surface area (Å²) in [4.78, 5) is 2.26. The number of likely N-dealkylation sites (tertiary alicyclic amines) is 1. The van der Waals surface area contributed by atoms with Crippen LogP contribution in [0.15, 0.2) is 0 Å². The zero-order chi connectivity index (χ0) is 11.5.